The van der Waals surface area contributed by atoms with E-state index >= 15 is 0 Å². The van der Waals surface area contributed by atoms with Crippen LogP contribution in [0.5, 0.6) is 5.75 Å². The van der Waals surface area contributed by atoms with Gasteiger partial charge >= 0.3 is 5.97 Å². The van der Waals surface area contributed by atoms with Gasteiger partial charge in [-0.25, -0.2) is 9.69 Å². The number of imide groups is 1. The molecule has 0 spiro atoms. The quantitative estimate of drug-likeness (QED) is 0.226. The molecule has 5 rings (SSSR count). The summed E-state index contributed by atoms with van der Waals surface area (Å²) in [5, 5.41) is 0.378. The molecule has 0 aliphatic carbocycles. The molecule has 192 valence electrons. The number of nitrogens with zero attached hydrogens (tertiary/aromatic N) is 2. The third-order valence-corrected chi connectivity index (χ3v) is 6.39. The number of esters is 1. The predicted octanol–water partition coefficient (Wildman–Crippen LogP) is 5.55. The Hall–Kier alpha value is -5.30. The van der Waals surface area contributed by atoms with Crippen LogP contribution in [-0.2, 0) is 7.05 Å². The fourth-order valence-electron chi connectivity index (χ4n) is 4.33. The number of amides is 2. The van der Waals surface area contributed by atoms with Gasteiger partial charge in [0, 0.05) is 18.0 Å². The van der Waals surface area contributed by atoms with Crippen molar-refractivity contribution in [1.82, 2.24) is 4.57 Å². The number of pyridine rings is 1. The number of aryl methyl sites for hydroxylation is 2. The zero-order valence-electron chi connectivity index (χ0n) is 21.3. The highest BCUT2D eigenvalue weighted by Gasteiger charge is 2.33. The van der Waals surface area contributed by atoms with Crippen molar-refractivity contribution in [2.75, 3.05) is 4.90 Å². The molecule has 2 amide bonds. The van der Waals surface area contributed by atoms with Crippen LogP contribution < -0.4 is 15.2 Å². The number of ether oxygens (including phenoxy) is 1. The molecule has 0 atom stereocenters. The summed E-state index contributed by atoms with van der Waals surface area (Å²) in [6, 6.07) is 30.2. The number of anilines is 1. The standard InChI is InChI=1S/C32H24N2O5/c1-21-17-19-24(20-18-21)34(29(35)22-11-5-3-6-12-22)31(37)27-28(39-32(38)23-13-7-4-8-14-23)25-15-9-10-16-26(25)33(2)30(27)36/h3-20H,1-2H3. The number of carbonyl (C=O) groups is 3. The lowest BCUT2D eigenvalue weighted by molar-refractivity contribution is 0.0734. The van der Waals surface area contributed by atoms with Crippen molar-refractivity contribution in [2.45, 2.75) is 6.92 Å². The summed E-state index contributed by atoms with van der Waals surface area (Å²) in [6.45, 7) is 1.88. The van der Waals surface area contributed by atoms with E-state index < -0.39 is 28.9 Å². The number of benzene rings is 4. The predicted molar refractivity (Wildman–Crippen MR) is 149 cm³/mol. The van der Waals surface area contributed by atoms with Gasteiger partial charge in [-0.1, -0.05) is 66.2 Å². The van der Waals surface area contributed by atoms with Gasteiger partial charge in [-0.05, 0) is 55.5 Å². The van der Waals surface area contributed by atoms with Crippen molar-refractivity contribution in [3.05, 3.63) is 142 Å². The van der Waals surface area contributed by atoms with Crippen LogP contribution in [0.4, 0.5) is 5.69 Å². The van der Waals surface area contributed by atoms with Gasteiger partial charge < -0.3 is 9.30 Å². The highest BCUT2D eigenvalue weighted by Crippen LogP contribution is 2.31. The molecule has 0 aliphatic heterocycles. The maximum Gasteiger partial charge on any atom is 0.343 e. The second kappa shape index (κ2) is 10.6. The Balaban J connectivity index is 1.74. The topological polar surface area (TPSA) is 85.7 Å². The second-order valence-corrected chi connectivity index (χ2v) is 8.99. The van der Waals surface area contributed by atoms with E-state index in [0.717, 1.165) is 10.5 Å². The molecule has 39 heavy (non-hydrogen) atoms. The third-order valence-electron chi connectivity index (χ3n) is 6.39. The van der Waals surface area contributed by atoms with Gasteiger partial charge in [0.15, 0.2) is 5.75 Å². The second-order valence-electron chi connectivity index (χ2n) is 8.99. The summed E-state index contributed by atoms with van der Waals surface area (Å²) in [7, 11) is 1.53. The summed E-state index contributed by atoms with van der Waals surface area (Å²) >= 11 is 0. The van der Waals surface area contributed by atoms with Gasteiger partial charge in [0.2, 0.25) is 0 Å². The van der Waals surface area contributed by atoms with Gasteiger partial charge in [-0.3, -0.25) is 14.4 Å². The molecule has 7 heteroatoms. The van der Waals surface area contributed by atoms with Crippen LogP contribution in [-0.4, -0.2) is 22.4 Å². The lowest BCUT2D eigenvalue weighted by Crippen LogP contribution is -2.41. The van der Waals surface area contributed by atoms with Gasteiger partial charge in [-0.2, -0.15) is 0 Å². The Morgan fingerprint density at radius 2 is 1.26 bits per heavy atom. The van der Waals surface area contributed by atoms with E-state index in [9.17, 15) is 19.2 Å². The molecule has 0 radical (unpaired) electrons. The fraction of sp³-hybridized carbons (Fsp3) is 0.0625. The number of hydrogen-bond donors (Lipinski definition) is 0. The maximum atomic E-state index is 14.3. The first-order valence-corrected chi connectivity index (χ1v) is 12.3. The number of para-hydroxylation sites is 1. The molecule has 1 aromatic heterocycles. The molecule has 0 bridgehead atoms. The van der Waals surface area contributed by atoms with Gasteiger partial charge in [-0.15, -0.1) is 0 Å². The van der Waals surface area contributed by atoms with E-state index in [4.69, 9.17) is 4.74 Å². The van der Waals surface area contributed by atoms with Crippen molar-refractivity contribution in [2.24, 2.45) is 7.05 Å². The summed E-state index contributed by atoms with van der Waals surface area (Å²) in [4.78, 5) is 55.9. The Morgan fingerprint density at radius 3 is 1.90 bits per heavy atom. The number of carbonyl (C=O) groups excluding carboxylic acids is 3. The Bertz CT molecular complexity index is 1760. The largest absolute Gasteiger partial charge is 0.421 e. The average Bonchev–Trinajstić information content (AvgIpc) is 2.97. The highest BCUT2D eigenvalue weighted by molar-refractivity contribution is 6.27. The normalized spacial score (nSPS) is 10.7. The molecule has 1 heterocycles. The zero-order valence-corrected chi connectivity index (χ0v) is 21.3. The minimum atomic E-state index is -0.907. The molecule has 0 unspecified atom stereocenters. The number of aromatic nitrogens is 1. The van der Waals surface area contributed by atoms with Crippen molar-refractivity contribution in [3.8, 4) is 5.75 Å². The van der Waals surface area contributed by atoms with Crippen molar-refractivity contribution < 1.29 is 19.1 Å². The van der Waals surface area contributed by atoms with Gasteiger partial charge in [0.05, 0.1) is 16.8 Å². The van der Waals surface area contributed by atoms with E-state index in [0.29, 0.717) is 10.9 Å². The van der Waals surface area contributed by atoms with Crippen LogP contribution in [0, 0.1) is 6.92 Å². The molecular weight excluding hydrogens is 492 g/mol. The Morgan fingerprint density at radius 1 is 0.692 bits per heavy atom. The summed E-state index contributed by atoms with van der Waals surface area (Å²) in [5.74, 6) is -2.47. The average molecular weight is 517 g/mol. The summed E-state index contributed by atoms with van der Waals surface area (Å²) in [5.41, 5.74) is 1.04. The van der Waals surface area contributed by atoms with Crippen LogP contribution >= 0.6 is 0 Å². The maximum absolute atomic E-state index is 14.3. The molecule has 0 fully saturated rings. The minimum Gasteiger partial charge on any atom is -0.421 e. The first-order chi connectivity index (χ1) is 18.9. The lowest BCUT2D eigenvalue weighted by atomic mass is 10.1. The number of rotatable bonds is 5. The van der Waals surface area contributed by atoms with E-state index in [1.54, 1.807) is 109 Å². The molecule has 0 saturated heterocycles. The lowest BCUT2D eigenvalue weighted by Gasteiger charge is -2.23. The van der Waals surface area contributed by atoms with Crippen molar-refractivity contribution >= 4 is 34.4 Å². The van der Waals surface area contributed by atoms with Gasteiger partial charge in [0.25, 0.3) is 17.4 Å². The van der Waals surface area contributed by atoms with Gasteiger partial charge in [0.1, 0.15) is 5.56 Å². The Labute approximate surface area is 224 Å². The smallest absolute Gasteiger partial charge is 0.343 e. The molecule has 7 nitrogen and oxygen atoms in total. The molecule has 0 N–H and O–H groups in total. The molecule has 0 saturated carbocycles. The summed E-state index contributed by atoms with van der Waals surface area (Å²) in [6.07, 6.45) is 0. The van der Waals surface area contributed by atoms with Crippen LogP contribution in [0.15, 0.2) is 114 Å². The molecule has 0 aliphatic rings. The first kappa shape index (κ1) is 25.4. The first-order valence-electron chi connectivity index (χ1n) is 12.3. The van der Waals surface area contributed by atoms with Crippen molar-refractivity contribution in [3.63, 3.8) is 0 Å². The van der Waals surface area contributed by atoms with E-state index in [2.05, 4.69) is 0 Å². The van der Waals surface area contributed by atoms with Crippen LogP contribution in [0.25, 0.3) is 10.9 Å². The SMILES string of the molecule is Cc1ccc(N(C(=O)c2ccccc2)C(=O)c2c(OC(=O)c3ccccc3)c3ccccc3n(C)c2=O)cc1. The monoisotopic (exact) mass is 516 g/mol. The Kier molecular flexibility index (Phi) is 6.89. The zero-order chi connectivity index (χ0) is 27.5. The molecular formula is C32H24N2O5. The van der Waals surface area contributed by atoms with Crippen LogP contribution in [0.1, 0.15) is 36.6 Å². The van der Waals surface area contributed by atoms with E-state index in [1.165, 1.54) is 11.6 Å². The third kappa shape index (κ3) is 4.85. The fourth-order valence-corrected chi connectivity index (χ4v) is 4.33. The van der Waals surface area contributed by atoms with Crippen LogP contribution in [0.3, 0.4) is 0 Å². The minimum absolute atomic E-state index is 0.203. The summed E-state index contributed by atoms with van der Waals surface area (Å²) < 4.78 is 7.09. The number of fused-ring (bicyclic) bond motifs is 1. The van der Waals surface area contributed by atoms with E-state index in [-0.39, 0.29) is 22.6 Å². The molecule has 4 aromatic carbocycles. The number of hydrogen-bond acceptors (Lipinski definition) is 5. The van der Waals surface area contributed by atoms with E-state index in [1.807, 2.05) is 6.92 Å². The van der Waals surface area contributed by atoms with Crippen LogP contribution in [0.2, 0.25) is 0 Å². The molecule has 5 aromatic rings. The van der Waals surface area contributed by atoms with Crippen molar-refractivity contribution in [1.29, 1.82) is 0 Å². The highest BCUT2D eigenvalue weighted by atomic mass is 16.5.